The molecule has 0 aromatic heterocycles. The van der Waals surface area contributed by atoms with E-state index in [1.54, 1.807) is 0 Å². The van der Waals surface area contributed by atoms with Crippen molar-refractivity contribution >= 4 is 5.78 Å². The smallest absolute Gasteiger partial charge is 0.139 e. The summed E-state index contributed by atoms with van der Waals surface area (Å²) in [6.07, 6.45) is 10.1. The molecule has 0 aliphatic carbocycles. The summed E-state index contributed by atoms with van der Waals surface area (Å²) in [4.78, 5) is 11.4. The Bertz CT molecular complexity index is 257. The zero-order valence-corrected chi connectivity index (χ0v) is 8.79. The van der Waals surface area contributed by atoms with Crippen molar-refractivity contribution in [1.29, 1.82) is 0 Å². The van der Waals surface area contributed by atoms with Crippen LogP contribution in [0, 0.1) is 0 Å². The molecule has 2 atom stereocenters. The van der Waals surface area contributed by atoms with E-state index in [-0.39, 0.29) is 11.7 Å². The Morgan fingerprint density at radius 1 is 1.57 bits per heavy atom. The fourth-order valence-corrected chi connectivity index (χ4v) is 2.41. The van der Waals surface area contributed by atoms with Gasteiger partial charge in [0.1, 0.15) is 5.78 Å². The molecule has 2 heteroatoms. The van der Waals surface area contributed by atoms with E-state index >= 15 is 0 Å². The van der Waals surface area contributed by atoms with Crippen molar-refractivity contribution in [3.05, 3.63) is 12.2 Å². The zero-order chi connectivity index (χ0) is 10.0. The maximum Gasteiger partial charge on any atom is 0.139 e. The Morgan fingerprint density at radius 3 is 3.21 bits per heavy atom. The Labute approximate surface area is 85.3 Å². The maximum atomic E-state index is 11.4. The van der Waals surface area contributed by atoms with E-state index in [2.05, 4.69) is 19.1 Å². The average Bonchev–Trinajstić information content (AvgIpc) is 2.43. The number of Topliss-reactive ketones (excluding diaryl/α,β-unsaturated/α-hetero) is 1. The van der Waals surface area contributed by atoms with Crippen LogP contribution in [0.1, 0.15) is 45.4 Å². The van der Waals surface area contributed by atoms with Gasteiger partial charge in [-0.25, -0.2) is 0 Å². The van der Waals surface area contributed by atoms with Crippen LogP contribution in [0.4, 0.5) is 0 Å². The van der Waals surface area contributed by atoms with Gasteiger partial charge in [0.2, 0.25) is 0 Å². The molecule has 2 rings (SSSR count). The number of carbonyl (C=O) groups is 1. The Hall–Kier alpha value is -0.630. The topological polar surface area (TPSA) is 26.3 Å². The molecule has 2 nitrogen and oxygen atoms in total. The number of fused-ring (bicyclic) bond motifs is 2. The van der Waals surface area contributed by atoms with Gasteiger partial charge in [0.25, 0.3) is 0 Å². The molecule has 78 valence electrons. The van der Waals surface area contributed by atoms with Crippen LogP contribution in [-0.4, -0.2) is 17.5 Å². The first kappa shape index (κ1) is 9.91. The molecule has 2 aliphatic heterocycles. The second-order valence-corrected chi connectivity index (χ2v) is 4.46. The fraction of sp³-hybridized carbons (Fsp3) is 0.750. The van der Waals surface area contributed by atoms with E-state index in [1.807, 2.05) is 0 Å². The third kappa shape index (κ3) is 1.90. The van der Waals surface area contributed by atoms with Gasteiger partial charge in [-0.05, 0) is 6.42 Å². The molecule has 1 saturated heterocycles. The third-order valence-corrected chi connectivity index (χ3v) is 3.13. The number of ether oxygens (including phenoxy) is 1. The summed E-state index contributed by atoms with van der Waals surface area (Å²) in [7, 11) is 0. The van der Waals surface area contributed by atoms with Gasteiger partial charge in [0, 0.05) is 12.8 Å². The minimum atomic E-state index is -0.213. The van der Waals surface area contributed by atoms with Crippen molar-refractivity contribution in [3.63, 3.8) is 0 Å². The summed E-state index contributed by atoms with van der Waals surface area (Å²) in [6.45, 7) is 2.19. The normalized spacial score (nSPS) is 35.2. The standard InChI is InChI=1S/C12H18O2/c1-2-3-4-6-12-7-5-11(14-12)8-10(13)9-12/h5,7,11H,2-4,6,8-9H2,1H3. The van der Waals surface area contributed by atoms with Crippen molar-refractivity contribution in [3.8, 4) is 0 Å². The Balaban J connectivity index is 1.94. The van der Waals surface area contributed by atoms with Crippen LogP contribution in [0.5, 0.6) is 0 Å². The second kappa shape index (κ2) is 3.85. The molecule has 0 amide bonds. The van der Waals surface area contributed by atoms with Gasteiger partial charge >= 0.3 is 0 Å². The van der Waals surface area contributed by atoms with Gasteiger partial charge < -0.3 is 4.74 Å². The molecule has 0 N–H and O–H groups in total. The van der Waals surface area contributed by atoms with Crippen LogP contribution in [-0.2, 0) is 9.53 Å². The van der Waals surface area contributed by atoms with Crippen molar-refractivity contribution < 1.29 is 9.53 Å². The molecule has 0 spiro atoms. The van der Waals surface area contributed by atoms with E-state index < -0.39 is 0 Å². The monoisotopic (exact) mass is 194 g/mol. The molecule has 2 aliphatic rings. The lowest BCUT2D eigenvalue weighted by Gasteiger charge is -2.32. The summed E-state index contributed by atoms with van der Waals surface area (Å²) in [5.74, 6) is 0.364. The van der Waals surface area contributed by atoms with Crippen LogP contribution >= 0.6 is 0 Å². The lowest BCUT2D eigenvalue weighted by Crippen LogP contribution is -2.38. The fourth-order valence-electron chi connectivity index (χ4n) is 2.41. The Kier molecular flexibility index (Phi) is 2.73. The Morgan fingerprint density at radius 2 is 2.43 bits per heavy atom. The van der Waals surface area contributed by atoms with E-state index in [0.717, 1.165) is 6.42 Å². The molecule has 0 saturated carbocycles. The quantitative estimate of drug-likeness (QED) is 0.508. The van der Waals surface area contributed by atoms with Gasteiger partial charge in [0.05, 0.1) is 11.7 Å². The third-order valence-electron chi connectivity index (χ3n) is 3.13. The van der Waals surface area contributed by atoms with Crippen molar-refractivity contribution in [2.75, 3.05) is 0 Å². The average molecular weight is 194 g/mol. The lowest BCUT2D eigenvalue weighted by atomic mass is 9.89. The molecule has 1 fully saturated rings. The van der Waals surface area contributed by atoms with Crippen LogP contribution in [0.2, 0.25) is 0 Å². The number of unbranched alkanes of at least 4 members (excludes halogenated alkanes) is 2. The lowest BCUT2D eigenvalue weighted by molar-refractivity contribution is -0.137. The molecule has 0 aromatic carbocycles. The summed E-state index contributed by atoms with van der Waals surface area (Å²) in [5.41, 5.74) is -0.213. The number of carbonyl (C=O) groups excluding carboxylic acids is 1. The first-order chi connectivity index (χ1) is 6.74. The summed E-state index contributed by atoms with van der Waals surface area (Å²) < 4.78 is 5.87. The van der Waals surface area contributed by atoms with Gasteiger partial charge in [-0.3, -0.25) is 4.79 Å². The SMILES string of the molecule is CCCCCC12C=CC(CC(=O)C1)O2. The second-order valence-electron chi connectivity index (χ2n) is 4.46. The number of rotatable bonds is 4. The highest BCUT2D eigenvalue weighted by atomic mass is 16.5. The van der Waals surface area contributed by atoms with E-state index in [4.69, 9.17) is 4.74 Å². The molecular formula is C12H18O2. The number of hydrogen-bond acceptors (Lipinski definition) is 2. The van der Waals surface area contributed by atoms with Crippen LogP contribution in [0.15, 0.2) is 12.2 Å². The van der Waals surface area contributed by atoms with Gasteiger partial charge in [-0.15, -0.1) is 0 Å². The van der Waals surface area contributed by atoms with Gasteiger partial charge in [-0.1, -0.05) is 38.3 Å². The first-order valence-corrected chi connectivity index (χ1v) is 5.63. The van der Waals surface area contributed by atoms with E-state index in [0.29, 0.717) is 18.6 Å². The summed E-state index contributed by atoms with van der Waals surface area (Å²) >= 11 is 0. The minimum absolute atomic E-state index is 0.0814. The molecule has 2 unspecified atom stereocenters. The van der Waals surface area contributed by atoms with Gasteiger partial charge in [-0.2, -0.15) is 0 Å². The molecule has 14 heavy (non-hydrogen) atoms. The summed E-state index contributed by atoms with van der Waals surface area (Å²) in [6, 6.07) is 0. The molecule has 0 aromatic rings. The number of ketones is 1. The highest BCUT2D eigenvalue weighted by Crippen LogP contribution is 2.38. The van der Waals surface area contributed by atoms with E-state index in [1.165, 1.54) is 19.3 Å². The molecule has 0 radical (unpaired) electrons. The van der Waals surface area contributed by atoms with Gasteiger partial charge in [0.15, 0.2) is 0 Å². The zero-order valence-electron chi connectivity index (χ0n) is 8.79. The predicted molar refractivity (Wildman–Crippen MR) is 55.1 cm³/mol. The van der Waals surface area contributed by atoms with Crippen molar-refractivity contribution in [1.82, 2.24) is 0 Å². The van der Waals surface area contributed by atoms with Crippen molar-refractivity contribution in [2.24, 2.45) is 0 Å². The van der Waals surface area contributed by atoms with E-state index in [9.17, 15) is 4.79 Å². The molecule has 2 bridgehead atoms. The molecular weight excluding hydrogens is 176 g/mol. The molecule has 2 heterocycles. The van der Waals surface area contributed by atoms with Crippen molar-refractivity contribution in [2.45, 2.75) is 57.2 Å². The van der Waals surface area contributed by atoms with Crippen LogP contribution in [0.3, 0.4) is 0 Å². The minimum Gasteiger partial charge on any atom is -0.363 e. The largest absolute Gasteiger partial charge is 0.363 e. The highest BCUT2D eigenvalue weighted by Gasteiger charge is 2.41. The van der Waals surface area contributed by atoms with Crippen LogP contribution < -0.4 is 0 Å². The number of hydrogen-bond donors (Lipinski definition) is 0. The summed E-state index contributed by atoms with van der Waals surface area (Å²) in [5, 5.41) is 0. The highest BCUT2D eigenvalue weighted by molar-refractivity contribution is 5.82. The first-order valence-electron chi connectivity index (χ1n) is 5.63. The maximum absolute atomic E-state index is 11.4. The predicted octanol–water partition coefficient (Wildman–Crippen LogP) is 2.62. The van der Waals surface area contributed by atoms with Crippen LogP contribution in [0.25, 0.3) is 0 Å².